The highest BCUT2D eigenvalue weighted by molar-refractivity contribution is 7.98. The van der Waals surface area contributed by atoms with Gasteiger partial charge in [-0.3, -0.25) is 4.79 Å². The fourth-order valence-corrected chi connectivity index (χ4v) is 1.75. The van der Waals surface area contributed by atoms with E-state index in [2.05, 4.69) is 15.3 Å². The van der Waals surface area contributed by atoms with Crippen LogP contribution in [0.4, 0.5) is 5.95 Å². The molecule has 0 aliphatic carbocycles. The van der Waals surface area contributed by atoms with Crippen LogP contribution in [0.1, 0.15) is 38.1 Å². The molecule has 4 nitrogen and oxygen atoms in total. The van der Waals surface area contributed by atoms with Gasteiger partial charge in [0.2, 0.25) is 5.95 Å². The van der Waals surface area contributed by atoms with Crippen LogP contribution < -0.4 is 5.32 Å². The smallest absolute Gasteiger partial charge is 0.224 e. The molecule has 0 saturated heterocycles. The molecule has 1 rings (SSSR count). The molecule has 0 aliphatic heterocycles. The molecule has 0 bridgehead atoms. The van der Waals surface area contributed by atoms with Crippen molar-refractivity contribution in [2.24, 2.45) is 0 Å². The number of ketones is 1. The minimum atomic E-state index is -0.0899. The maximum Gasteiger partial charge on any atom is 0.224 e. The van der Waals surface area contributed by atoms with Crippen LogP contribution in [0, 0.1) is 0 Å². The fraction of sp³-hybridized carbons (Fsp3) is 0.545. The third kappa shape index (κ3) is 3.48. The Bertz CT molecular complexity index is 399. The van der Waals surface area contributed by atoms with Crippen LogP contribution in [0.15, 0.2) is 11.2 Å². The Kier molecular flexibility index (Phi) is 3.91. The topological polar surface area (TPSA) is 54.9 Å². The highest BCUT2D eigenvalue weighted by Crippen LogP contribution is 2.20. The summed E-state index contributed by atoms with van der Waals surface area (Å²) in [6.45, 7) is 7.63. The van der Waals surface area contributed by atoms with Gasteiger partial charge >= 0.3 is 0 Å². The van der Waals surface area contributed by atoms with Gasteiger partial charge in [-0.15, -0.1) is 11.8 Å². The van der Waals surface area contributed by atoms with Gasteiger partial charge in [-0.25, -0.2) is 9.97 Å². The van der Waals surface area contributed by atoms with E-state index in [9.17, 15) is 4.79 Å². The van der Waals surface area contributed by atoms with E-state index in [0.717, 1.165) is 0 Å². The number of rotatable bonds is 3. The van der Waals surface area contributed by atoms with Crippen LogP contribution in [0.5, 0.6) is 0 Å². The van der Waals surface area contributed by atoms with Crippen LogP contribution in [0.25, 0.3) is 0 Å². The second-order valence-corrected chi connectivity index (χ2v) is 5.34. The number of nitrogens with one attached hydrogen (secondary N) is 1. The summed E-state index contributed by atoms with van der Waals surface area (Å²) in [7, 11) is 0. The predicted molar refractivity (Wildman–Crippen MR) is 67.2 cm³/mol. The predicted octanol–water partition coefficient (Wildman–Crippen LogP) is 2.61. The molecule has 0 aliphatic rings. The van der Waals surface area contributed by atoms with Gasteiger partial charge in [0, 0.05) is 11.7 Å². The lowest BCUT2D eigenvalue weighted by Gasteiger charge is -2.20. The van der Waals surface area contributed by atoms with Crippen molar-refractivity contribution in [3.8, 4) is 0 Å². The Balaban J connectivity index is 3.05. The molecule has 1 heterocycles. The molecule has 0 saturated carbocycles. The summed E-state index contributed by atoms with van der Waals surface area (Å²) >= 11 is 1.45. The van der Waals surface area contributed by atoms with Crippen molar-refractivity contribution in [2.45, 2.75) is 38.3 Å². The molecular formula is C11H17N3OS. The number of aromatic nitrogens is 2. The Morgan fingerprint density at radius 3 is 2.50 bits per heavy atom. The van der Waals surface area contributed by atoms with Crippen LogP contribution in [0.2, 0.25) is 0 Å². The van der Waals surface area contributed by atoms with Gasteiger partial charge in [0.05, 0.1) is 5.56 Å². The highest BCUT2D eigenvalue weighted by Gasteiger charge is 2.14. The van der Waals surface area contributed by atoms with Gasteiger partial charge < -0.3 is 5.32 Å². The summed E-state index contributed by atoms with van der Waals surface area (Å²) < 4.78 is 0. The molecule has 0 aromatic carbocycles. The van der Waals surface area contributed by atoms with Gasteiger partial charge in [0.25, 0.3) is 0 Å². The molecule has 0 atom stereocenters. The molecule has 0 spiro atoms. The number of thioether (sulfide) groups is 1. The summed E-state index contributed by atoms with van der Waals surface area (Å²) in [6, 6.07) is 0. The van der Waals surface area contributed by atoms with E-state index >= 15 is 0 Å². The molecule has 5 heteroatoms. The second kappa shape index (κ2) is 4.82. The third-order valence-corrected chi connectivity index (χ3v) is 2.51. The molecule has 0 unspecified atom stereocenters. The Hall–Kier alpha value is -1.10. The van der Waals surface area contributed by atoms with E-state index in [1.165, 1.54) is 18.7 Å². The average molecular weight is 239 g/mol. The molecule has 0 radical (unpaired) electrons. The lowest BCUT2D eigenvalue weighted by atomic mass is 10.1. The maximum absolute atomic E-state index is 11.3. The number of hydrogen-bond acceptors (Lipinski definition) is 5. The Morgan fingerprint density at radius 1 is 1.44 bits per heavy atom. The van der Waals surface area contributed by atoms with E-state index in [4.69, 9.17) is 0 Å². The fourth-order valence-electron chi connectivity index (χ4n) is 1.16. The molecule has 1 N–H and O–H groups in total. The van der Waals surface area contributed by atoms with Crippen molar-refractivity contribution in [2.75, 3.05) is 11.6 Å². The first-order valence-electron chi connectivity index (χ1n) is 5.03. The SMILES string of the molecule is CSc1nc(NC(C)(C)C)ncc1C(C)=O. The normalized spacial score (nSPS) is 11.3. The van der Waals surface area contributed by atoms with Gasteiger partial charge in [-0.2, -0.15) is 0 Å². The number of anilines is 1. The van der Waals surface area contributed by atoms with Crippen LogP contribution in [-0.2, 0) is 0 Å². The van der Waals surface area contributed by atoms with Crippen LogP contribution in [-0.4, -0.2) is 27.5 Å². The molecular weight excluding hydrogens is 222 g/mol. The number of carbonyl (C=O) groups excluding carboxylic acids is 1. The Labute approximate surface area is 100 Å². The summed E-state index contributed by atoms with van der Waals surface area (Å²) in [5, 5.41) is 3.89. The zero-order chi connectivity index (χ0) is 12.3. The van der Waals surface area contributed by atoms with E-state index in [0.29, 0.717) is 16.5 Å². The zero-order valence-corrected chi connectivity index (χ0v) is 11.1. The molecule has 1 aromatic heterocycles. The van der Waals surface area contributed by atoms with Crippen molar-refractivity contribution in [1.29, 1.82) is 0 Å². The summed E-state index contributed by atoms with van der Waals surface area (Å²) in [5.41, 5.74) is 0.486. The molecule has 0 amide bonds. The number of carbonyl (C=O) groups is 1. The number of hydrogen-bond donors (Lipinski definition) is 1. The van der Waals surface area contributed by atoms with Gasteiger partial charge in [-0.05, 0) is 34.0 Å². The zero-order valence-electron chi connectivity index (χ0n) is 10.3. The summed E-state index contributed by atoms with van der Waals surface area (Å²) in [6.07, 6.45) is 3.48. The largest absolute Gasteiger partial charge is 0.350 e. The summed E-state index contributed by atoms with van der Waals surface area (Å²) in [5.74, 6) is 0.550. The van der Waals surface area contributed by atoms with E-state index < -0.39 is 0 Å². The summed E-state index contributed by atoms with van der Waals surface area (Å²) in [4.78, 5) is 19.8. The Morgan fingerprint density at radius 2 is 2.06 bits per heavy atom. The van der Waals surface area contributed by atoms with Gasteiger partial charge in [0.1, 0.15) is 5.03 Å². The van der Waals surface area contributed by atoms with E-state index in [1.807, 2.05) is 27.0 Å². The van der Waals surface area contributed by atoms with Crippen molar-refractivity contribution < 1.29 is 4.79 Å². The lowest BCUT2D eigenvalue weighted by molar-refractivity contribution is 0.101. The number of nitrogens with zero attached hydrogens (tertiary/aromatic N) is 2. The van der Waals surface area contributed by atoms with Gasteiger partial charge in [0.15, 0.2) is 5.78 Å². The molecule has 0 fully saturated rings. The van der Waals surface area contributed by atoms with Crippen molar-refractivity contribution >= 4 is 23.5 Å². The first kappa shape index (κ1) is 13.0. The van der Waals surface area contributed by atoms with Crippen molar-refractivity contribution in [3.05, 3.63) is 11.8 Å². The lowest BCUT2D eigenvalue weighted by Crippen LogP contribution is -2.27. The molecule has 88 valence electrons. The van der Waals surface area contributed by atoms with E-state index in [-0.39, 0.29) is 11.3 Å². The van der Waals surface area contributed by atoms with Crippen molar-refractivity contribution in [1.82, 2.24) is 9.97 Å². The number of Topliss-reactive ketones (excluding diaryl/α,β-unsaturated/α-hetero) is 1. The molecule has 16 heavy (non-hydrogen) atoms. The average Bonchev–Trinajstić information content (AvgIpc) is 2.14. The first-order chi connectivity index (χ1) is 7.33. The third-order valence-electron chi connectivity index (χ3n) is 1.81. The monoisotopic (exact) mass is 239 g/mol. The molecule has 1 aromatic rings. The van der Waals surface area contributed by atoms with Crippen LogP contribution in [0.3, 0.4) is 0 Å². The van der Waals surface area contributed by atoms with E-state index in [1.54, 1.807) is 6.20 Å². The van der Waals surface area contributed by atoms with Gasteiger partial charge in [-0.1, -0.05) is 0 Å². The quantitative estimate of drug-likeness (QED) is 0.499. The minimum Gasteiger partial charge on any atom is -0.350 e. The first-order valence-corrected chi connectivity index (χ1v) is 6.26. The second-order valence-electron chi connectivity index (χ2n) is 4.55. The standard InChI is InChI=1S/C11H17N3OS/c1-7(15)8-6-12-10(13-9(8)16-5)14-11(2,3)4/h6H,1-5H3,(H,12,13,14). The minimum absolute atomic E-state index is 0.00772. The maximum atomic E-state index is 11.3. The van der Waals surface area contributed by atoms with Crippen LogP contribution >= 0.6 is 11.8 Å². The van der Waals surface area contributed by atoms with Crippen molar-refractivity contribution in [3.63, 3.8) is 0 Å². The highest BCUT2D eigenvalue weighted by atomic mass is 32.2.